The topological polar surface area (TPSA) is 31.5 Å². The van der Waals surface area contributed by atoms with Crippen LogP contribution < -0.4 is 24.8 Å². The molecule has 0 aliphatic rings. The summed E-state index contributed by atoms with van der Waals surface area (Å²) in [6.07, 6.45) is 0. The number of hydrogen-bond donors (Lipinski definition) is 0. The van der Waals surface area contributed by atoms with E-state index in [2.05, 4.69) is 0 Å². The molecule has 0 unspecified atom stereocenters. The van der Waals surface area contributed by atoms with Crippen LogP contribution in [0.1, 0.15) is 0 Å². The molecule has 0 saturated heterocycles. The van der Waals surface area contributed by atoms with E-state index in [1.165, 1.54) is 0 Å². The van der Waals surface area contributed by atoms with E-state index in [-0.39, 0.29) is 47.4 Å². The Labute approximate surface area is 47.8 Å². The number of rotatable bonds is 0. The zero-order valence-corrected chi connectivity index (χ0v) is 4.01. The minimum absolute atomic E-state index is 0. The summed E-state index contributed by atoms with van der Waals surface area (Å²) in [6, 6.07) is 0. The van der Waals surface area contributed by atoms with Crippen LogP contribution in [-0.2, 0) is 17.1 Å². The fourth-order valence-corrected chi connectivity index (χ4v) is 0. The van der Waals surface area contributed by atoms with Crippen LogP contribution in [0, 0.1) is 0 Å². The van der Waals surface area contributed by atoms with Crippen molar-refractivity contribution in [2.75, 3.05) is 0 Å². The van der Waals surface area contributed by atoms with Crippen molar-refractivity contribution >= 4 is 0 Å². The van der Waals surface area contributed by atoms with E-state index in [0.717, 1.165) is 0 Å². The van der Waals surface area contributed by atoms with E-state index in [0.29, 0.717) is 0 Å². The van der Waals surface area contributed by atoms with Crippen molar-refractivity contribution in [2.24, 2.45) is 0 Å². The summed E-state index contributed by atoms with van der Waals surface area (Å²) in [6.45, 7) is 0. The molecule has 33 valence electrons. The van der Waals surface area contributed by atoms with Crippen molar-refractivity contribution in [1.29, 1.82) is 0 Å². The first-order valence-corrected chi connectivity index (χ1v) is 0. The van der Waals surface area contributed by atoms with Crippen LogP contribution in [0.25, 0.3) is 0 Å². The first-order chi connectivity index (χ1) is 0. The Morgan fingerprint density at radius 1 is 0.750 bits per heavy atom. The quantitative estimate of drug-likeness (QED) is 0.309. The molecule has 1 nitrogen and oxygen atoms in total. The van der Waals surface area contributed by atoms with Gasteiger partial charge in [0.05, 0.1) is 0 Å². The Balaban J connectivity index is 0. The summed E-state index contributed by atoms with van der Waals surface area (Å²) in [5.74, 6) is 0. The average molecular weight is 152 g/mol. The molecule has 0 aromatic rings. The van der Waals surface area contributed by atoms with Gasteiger partial charge in [-0.2, -0.15) is 0 Å². The molecular formula is H2Cl2CuO. The third-order valence-electron chi connectivity index (χ3n) is 0. The van der Waals surface area contributed by atoms with Crippen molar-refractivity contribution in [3.05, 3.63) is 0 Å². The van der Waals surface area contributed by atoms with Gasteiger partial charge in [0.1, 0.15) is 0 Å². The molecule has 0 fully saturated rings. The molecule has 0 saturated carbocycles. The van der Waals surface area contributed by atoms with Gasteiger partial charge in [0.2, 0.25) is 0 Å². The van der Waals surface area contributed by atoms with Crippen LogP contribution >= 0.6 is 0 Å². The zero-order chi connectivity index (χ0) is 0. The molecule has 0 amide bonds. The van der Waals surface area contributed by atoms with Gasteiger partial charge in [-0.05, 0) is 0 Å². The first kappa shape index (κ1) is 74.3. The zero-order valence-electron chi connectivity index (χ0n) is 1.56. The smallest absolute Gasteiger partial charge is 1.00 e. The van der Waals surface area contributed by atoms with E-state index in [1.54, 1.807) is 0 Å². The summed E-state index contributed by atoms with van der Waals surface area (Å²) in [5.41, 5.74) is 0. The fraction of sp³-hybridized carbons (Fsp3) is 0. The van der Waals surface area contributed by atoms with Crippen LogP contribution in [0.4, 0.5) is 0 Å². The molecule has 4 heteroatoms. The van der Waals surface area contributed by atoms with Crippen molar-refractivity contribution in [3.63, 3.8) is 0 Å². The largest absolute Gasteiger partial charge is 2.00 e. The molecule has 0 aromatic heterocycles. The average Bonchev–Trinajstić information content (AvgIpc) is 0. The van der Waals surface area contributed by atoms with Gasteiger partial charge >= 0.3 is 17.1 Å². The summed E-state index contributed by atoms with van der Waals surface area (Å²) >= 11 is 0. The Bertz CT molecular complexity index is 6.00. The second kappa shape index (κ2) is 33.9. The van der Waals surface area contributed by atoms with Crippen molar-refractivity contribution in [1.82, 2.24) is 0 Å². The van der Waals surface area contributed by atoms with Gasteiger partial charge in [0.15, 0.2) is 0 Å². The van der Waals surface area contributed by atoms with Gasteiger partial charge < -0.3 is 30.3 Å². The van der Waals surface area contributed by atoms with Gasteiger partial charge in [0.25, 0.3) is 0 Å². The molecular weight excluding hydrogens is 150 g/mol. The maximum atomic E-state index is 0. The van der Waals surface area contributed by atoms with Gasteiger partial charge in [-0.1, -0.05) is 0 Å². The summed E-state index contributed by atoms with van der Waals surface area (Å²) in [5, 5.41) is 0. The van der Waals surface area contributed by atoms with Gasteiger partial charge in [-0.25, -0.2) is 0 Å². The van der Waals surface area contributed by atoms with Gasteiger partial charge in [0, 0.05) is 0 Å². The number of hydrogen-bond acceptors (Lipinski definition) is 0. The maximum Gasteiger partial charge on any atom is 2.00 e. The Morgan fingerprint density at radius 2 is 0.750 bits per heavy atom. The maximum absolute atomic E-state index is 0. The molecule has 1 radical (unpaired) electrons. The van der Waals surface area contributed by atoms with Gasteiger partial charge in [-0.15, -0.1) is 0 Å². The normalized spacial score (nSPS) is 0. The van der Waals surface area contributed by atoms with E-state index >= 15 is 0 Å². The van der Waals surface area contributed by atoms with E-state index in [4.69, 9.17) is 0 Å². The van der Waals surface area contributed by atoms with Crippen LogP contribution in [0.2, 0.25) is 0 Å². The SMILES string of the molecule is O.[Cl-].[Cl-].[Cu+2]. The predicted octanol–water partition coefficient (Wildman–Crippen LogP) is -6.82. The summed E-state index contributed by atoms with van der Waals surface area (Å²) in [7, 11) is 0. The molecule has 0 aliphatic heterocycles. The van der Waals surface area contributed by atoms with Gasteiger partial charge in [-0.3, -0.25) is 0 Å². The Hall–Kier alpha value is 1.06. The molecule has 0 rings (SSSR count). The fourth-order valence-electron chi connectivity index (χ4n) is 0. The third kappa shape index (κ3) is 11.6. The monoisotopic (exact) mass is 151 g/mol. The third-order valence-corrected chi connectivity index (χ3v) is 0. The summed E-state index contributed by atoms with van der Waals surface area (Å²) < 4.78 is 0. The van der Waals surface area contributed by atoms with Crippen LogP contribution in [0.15, 0.2) is 0 Å². The minimum atomic E-state index is 0. The molecule has 2 N–H and O–H groups in total. The first-order valence-electron chi connectivity index (χ1n) is 0. The Kier molecular flexibility index (Phi) is 629. The van der Waals surface area contributed by atoms with Crippen molar-refractivity contribution in [2.45, 2.75) is 0 Å². The van der Waals surface area contributed by atoms with E-state index < -0.39 is 0 Å². The molecule has 0 aliphatic carbocycles. The van der Waals surface area contributed by atoms with E-state index in [1.807, 2.05) is 0 Å². The molecule has 0 bridgehead atoms. The Morgan fingerprint density at radius 3 is 0.750 bits per heavy atom. The summed E-state index contributed by atoms with van der Waals surface area (Å²) in [4.78, 5) is 0. The van der Waals surface area contributed by atoms with Crippen LogP contribution in [-0.4, -0.2) is 5.48 Å². The second-order valence-corrected chi connectivity index (χ2v) is 0. The van der Waals surface area contributed by atoms with Crippen LogP contribution in [0.3, 0.4) is 0 Å². The van der Waals surface area contributed by atoms with E-state index in [9.17, 15) is 0 Å². The molecule has 0 atom stereocenters. The standard InChI is InChI=1S/2ClH.Cu.H2O/h2*1H;;1H2/q;;+2;/p-2. The molecule has 0 aromatic carbocycles. The second-order valence-electron chi connectivity index (χ2n) is 0. The molecule has 0 heterocycles. The van der Waals surface area contributed by atoms with Crippen LogP contribution in [0.5, 0.6) is 0 Å². The predicted molar refractivity (Wildman–Crippen MR) is 3.61 cm³/mol. The van der Waals surface area contributed by atoms with Crippen molar-refractivity contribution in [3.8, 4) is 0 Å². The van der Waals surface area contributed by atoms with Crippen molar-refractivity contribution < 1.29 is 47.4 Å². The minimum Gasteiger partial charge on any atom is -1.00 e. The number of halogens is 2. The molecule has 4 heavy (non-hydrogen) atoms. The molecule has 0 spiro atoms.